The predicted molar refractivity (Wildman–Crippen MR) is 63.0 cm³/mol. The number of methoxy groups -OCH3 is 1. The van der Waals surface area contributed by atoms with Gasteiger partial charge in [0, 0.05) is 41.4 Å². The molecule has 0 fully saturated rings. The minimum Gasteiger partial charge on any atom is -0.394 e. The van der Waals surface area contributed by atoms with Crippen molar-refractivity contribution in [3.05, 3.63) is 0 Å². The van der Waals surface area contributed by atoms with E-state index >= 15 is 0 Å². The van der Waals surface area contributed by atoms with Crippen molar-refractivity contribution in [1.82, 2.24) is 4.31 Å². The van der Waals surface area contributed by atoms with E-state index in [0.29, 0.717) is 13.2 Å². The lowest BCUT2D eigenvalue weighted by Crippen LogP contribution is -2.23. The summed E-state index contributed by atoms with van der Waals surface area (Å²) < 4.78 is 12.3. The molecular weight excluding hydrogens is 305 g/mol. The van der Waals surface area contributed by atoms with Gasteiger partial charge in [-0.15, -0.1) is 0 Å². The van der Waals surface area contributed by atoms with Crippen molar-refractivity contribution in [2.75, 3.05) is 46.6 Å². The first-order chi connectivity index (χ1) is 6.35. The van der Waals surface area contributed by atoms with E-state index in [9.17, 15) is 0 Å². The van der Waals surface area contributed by atoms with Crippen LogP contribution in [0.2, 0.25) is 0 Å². The van der Waals surface area contributed by atoms with Crippen LogP contribution in [-0.4, -0.2) is 56.0 Å². The van der Waals surface area contributed by atoms with Crippen LogP contribution in [0.4, 0.5) is 0 Å². The summed E-state index contributed by atoms with van der Waals surface area (Å²) in [7, 11) is 3.34. The summed E-state index contributed by atoms with van der Waals surface area (Å²) in [6, 6.07) is 0. The van der Waals surface area contributed by atoms with Crippen molar-refractivity contribution in [3.63, 3.8) is 0 Å². The van der Waals surface area contributed by atoms with Gasteiger partial charge in [-0.3, -0.25) is 0 Å². The number of halogens is 1. The SMILES string of the molecule is COCCN(CCOCCO)SI. The Morgan fingerprint density at radius 1 is 1.31 bits per heavy atom. The minimum absolute atomic E-state index is 0.0927. The molecule has 0 aliphatic rings. The molecule has 0 atom stereocenters. The van der Waals surface area contributed by atoms with Crippen LogP contribution in [0.3, 0.4) is 0 Å². The lowest BCUT2D eigenvalue weighted by Gasteiger charge is -2.16. The number of aliphatic hydroxyl groups is 1. The number of ether oxygens (including phenoxy) is 2. The van der Waals surface area contributed by atoms with Crippen LogP contribution in [0, 0.1) is 0 Å². The van der Waals surface area contributed by atoms with E-state index < -0.39 is 0 Å². The van der Waals surface area contributed by atoms with Crippen LogP contribution in [0.15, 0.2) is 0 Å². The molecule has 0 spiro atoms. The lowest BCUT2D eigenvalue weighted by molar-refractivity contribution is 0.0836. The predicted octanol–water partition coefficient (Wildman–Crippen LogP) is 0.942. The first-order valence-corrected chi connectivity index (χ1v) is 7.38. The zero-order chi connectivity index (χ0) is 9.94. The Labute approximate surface area is 95.7 Å². The van der Waals surface area contributed by atoms with E-state index in [4.69, 9.17) is 14.6 Å². The Kier molecular flexibility index (Phi) is 11.8. The molecule has 0 radical (unpaired) electrons. The Morgan fingerprint density at radius 2 is 2.00 bits per heavy atom. The average molecular weight is 321 g/mol. The lowest BCUT2D eigenvalue weighted by atomic mass is 10.6. The molecule has 0 heterocycles. The zero-order valence-corrected chi connectivity index (χ0v) is 10.7. The van der Waals surface area contributed by atoms with Crippen molar-refractivity contribution in [2.24, 2.45) is 0 Å². The smallest absolute Gasteiger partial charge is 0.0698 e. The van der Waals surface area contributed by atoms with Crippen LogP contribution in [0.1, 0.15) is 0 Å². The largest absolute Gasteiger partial charge is 0.394 e. The summed E-state index contributed by atoms with van der Waals surface area (Å²) in [6.07, 6.45) is 0. The molecule has 0 aromatic heterocycles. The second-order valence-corrected chi connectivity index (χ2v) is 4.16. The maximum Gasteiger partial charge on any atom is 0.0698 e. The van der Waals surface area contributed by atoms with Gasteiger partial charge in [-0.05, 0) is 9.12 Å². The molecule has 0 unspecified atom stereocenters. The zero-order valence-electron chi connectivity index (χ0n) is 7.74. The maximum atomic E-state index is 8.46. The van der Waals surface area contributed by atoms with Gasteiger partial charge in [0.15, 0.2) is 0 Å². The molecule has 0 bridgehead atoms. The highest BCUT2D eigenvalue weighted by atomic mass is 127. The first-order valence-electron chi connectivity index (χ1n) is 4.06. The summed E-state index contributed by atoms with van der Waals surface area (Å²) >= 11 is 2.23. The fourth-order valence-corrected chi connectivity index (χ4v) is 2.18. The van der Waals surface area contributed by atoms with Crippen LogP contribution < -0.4 is 0 Å². The second kappa shape index (κ2) is 11.0. The number of hydrogen-bond acceptors (Lipinski definition) is 5. The molecule has 0 aromatic carbocycles. The van der Waals surface area contributed by atoms with Crippen LogP contribution >= 0.6 is 30.3 Å². The molecule has 0 saturated carbocycles. The molecule has 6 heteroatoms. The molecule has 0 rings (SSSR count). The average Bonchev–Trinajstić information content (AvgIpc) is 2.17. The van der Waals surface area contributed by atoms with Gasteiger partial charge >= 0.3 is 0 Å². The van der Waals surface area contributed by atoms with Crippen molar-refractivity contribution in [1.29, 1.82) is 0 Å². The second-order valence-electron chi connectivity index (χ2n) is 2.33. The first kappa shape index (κ1) is 13.9. The minimum atomic E-state index is 0.0927. The molecule has 0 saturated heterocycles. The number of nitrogens with zero attached hydrogens (tertiary/aromatic N) is 1. The molecule has 0 aliphatic heterocycles. The van der Waals surface area contributed by atoms with E-state index in [1.54, 1.807) is 16.2 Å². The van der Waals surface area contributed by atoms with Crippen molar-refractivity contribution >= 4 is 30.3 Å². The Bertz CT molecular complexity index is 110. The monoisotopic (exact) mass is 321 g/mol. The van der Waals surface area contributed by atoms with Gasteiger partial charge < -0.3 is 14.6 Å². The molecular formula is C7H16INO3S. The van der Waals surface area contributed by atoms with E-state index in [2.05, 4.69) is 25.5 Å². The van der Waals surface area contributed by atoms with Crippen LogP contribution in [0.5, 0.6) is 0 Å². The quantitative estimate of drug-likeness (QED) is 0.389. The maximum absolute atomic E-state index is 8.46. The fourth-order valence-electron chi connectivity index (χ4n) is 0.707. The molecule has 0 aromatic rings. The summed E-state index contributed by atoms with van der Waals surface area (Å²) in [4.78, 5) is 0. The third-order valence-electron chi connectivity index (χ3n) is 1.36. The number of rotatable bonds is 9. The summed E-state index contributed by atoms with van der Waals surface area (Å²) in [5, 5.41) is 8.46. The van der Waals surface area contributed by atoms with Crippen LogP contribution in [-0.2, 0) is 9.47 Å². The third-order valence-corrected chi connectivity index (χ3v) is 3.59. The molecule has 1 N–H and O–H groups in total. The van der Waals surface area contributed by atoms with Crippen molar-refractivity contribution in [2.45, 2.75) is 0 Å². The van der Waals surface area contributed by atoms with E-state index in [1.165, 1.54) is 0 Å². The van der Waals surface area contributed by atoms with E-state index in [1.807, 2.05) is 0 Å². The highest BCUT2D eigenvalue weighted by Crippen LogP contribution is 2.16. The van der Waals surface area contributed by atoms with Gasteiger partial charge in [-0.25, -0.2) is 4.31 Å². The van der Waals surface area contributed by atoms with E-state index in [0.717, 1.165) is 19.7 Å². The normalized spacial score (nSPS) is 11.1. The third kappa shape index (κ3) is 9.23. The van der Waals surface area contributed by atoms with Gasteiger partial charge in [0.1, 0.15) is 0 Å². The van der Waals surface area contributed by atoms with Gasteiger partial charge in [-0.2, -0.15) is 0 Å². The van der Waals surface area contributed by atoms with Crippen LogP contribution in [0.25, 0.3) is 0 Å². The van der Waals surface area contributed by atoms with Gasteiger partial charge in [0.2, 0.25) is 0 Å². The Hall–Kier alpha value is 0.920. The molecule has 0 amide bonds. The molecule has 80 valence electrons. The molecule has 4 nitrogen and oxygen atoms in total. The fraction of sp³-hybridized carbons (Fsp3) is 1.00. The Balaban J connectivity index is 3.25. The molecule has 13 heavy (non-hydrogen) atoms. The number of hydrogen-bond donors (Lipinski definition) is 1. The van der Waals surface area contributed by atoms with E-state index in [-0.39, 0.29) is 6.61 Å². The summed E-state index contributed by atoms with van der Waals surface area (Å²) in [5.41, 5.74) is 0. The summed E-state index contributed by atoms with van der Waals surface area (Å²) in [6.45, 7) is 3.65. The topological polar surface area (TPSA) is 41.9 Å². The van der Waals surface area contributed by atoms with Gasteiger partial charge in [0.25, 0.3) is 0 Å². The highest BCUT2D eigenvalue weighted by molar-refractivity contribution is 14.2. The molecule has 0 aliphatic carbocycles. The summed E-state index contributed by atoms with van der Waals surface area (Å²) in [5.74, 6) is 0. The highest BCUT2D eigenvalue weighted by Gasteiger charge is 2.02. The van der Waals surface area contributed by atoms with Gasteiger partial charge in [-0.1, -0.05) is 0 Å². The number of aliphatic hydroxyl groups excluding tert-OH is 1. The van der Waals surface area contributed by atoms with Crippen molar-refractivity contribution in [3.8, 4) is 0 Å². The van der Waals surface area contributed by atoms with Crippen molar-refractivity contribution < 1.29 is 14.6 Å². The Morgan fingerprint density at radius 3 is 2.54 bits per heavy atom. The standard InChI is InChI=1S/C7H16INO3S/c1-11-5-2-9(13-8)3-6-12-7-4-10/h10H,2-7H2,1H3. The van der Waals surface area contributed by atoms with Gasteiger partial charge in [0.05, 0.1) is 26.4 Å².